The van der Waals surface area contributed by atoms with Crippen LogP contribution in [0.1, 0.15) is 30.4 Å². The molecule has 1 aromatic rings. The smallest absolute Gasteiger partial charge is 0.357 e. The fourth-order valence-electron chi connectivity index (χ4n) is 3.59. The molecule has 8 heteroatoms. The highest BCUT2D eigenvalue weighted by Crippen LogP contribution is 2.34. The summed E-state index contributed by atoms with van der Waals surface area (Å²) >= 11 is 0. The third-order valence-corrected chi connectivity index (χ3v) is 4.79. The number of hydrogen-bond acceptors (Lipinski definition) is 2. The quantitative estimate of drug-likeness (QED) is 0.385. The first-order valence-electron chi connectivity index (χ1n) is 8.86. The number of nitrogens with zero attached hydrogens (tertiary/aromatic N) is 2. The highest BCUT2D eigenvalue weighted by Gasteiger charge is 2.34. The van der Waals surface area contributed by atoms with Gasteiger partial charge in [-0.05, 0) is 30.9 Å². The van der Waals surface area contributed by atoms with Crippen molar-refractivity contribution < 1.29 is 13.2 Å². The van der Waals surface area contributed by atoms with E-state index in [0.717, 1.165) is 13.0 Å². The van der Waals surface area contributed by atoms with Gasteiger partial charge in [-0.25, -0.2) is 0 Å². The standard InChI is InChI=1S/C18H25F3N4.HI/c1-2-22-17(23-10-14-9-13-5-3-4-6-16(13)14)24-15-7-8-25(11-15)12-18(19,20)21;/h3-6,14-15H,2,7-12H2,1H3,(H2,22,23,24);1H. The number of alkyl halides is 3. The van der Waals surface area contributed by atoms with Crippen molar-refractivity contribution in [2.75, 3.05) is 32.7 Å². The average Bonchev–Trinajstić information content (AvgIpc) is 2.93. The largest absolute Gasteiger partial charge is 0.401 e. The summed E-state index contributed by atoms with van der Waals surface area (Å²) in [6.07, 6.45) is -2.39. The van der Waals surface area contributed by atoms with Gasteiger partial charge in [0, 0.05) is 38.1 Å². The Labute approximate surface area is 169 Å². The molecule has 1 heterocycles. The summed E-state index contributed by atoms with van der Waals surface area (Å²) in [6, 6.07) is 8.40. The molecule has 146 valence electrons. The number of hydrogen-bond donors (Lipinski definition) is 2. The highest BCUT2D eigenvalue weighted by molar-refractivity contribution is 14.0. The van der Waals surface area contributed by atoms with Crippen molar-refractivity contribution >= 4 is 29.9 Å². The second-order valence-electron chi connectivity index (χ2n) is 6.80. The van der Waals surface area contributed by atoms with Gasteiger partial charge in [-0.2, -0.15) is 13.2 Å². The first-order chi connectivity index (χ1) is 11.9. The molecule has 1 fully saturated rings. The van der Waals surface area contributed by atoms with Crippen LogP contribution in [0.2, 0.25) is 0 Å². The zero-order valence-electron chi connectivity index (χ0n) is 14.9. The number of fused-ring (bicyclic) bond motifs is 1. The van der Waals surface area contributed by atoms with Gasteiger partial charge >= 0.3 is 6.18 Å². The normalized spacial score (nSPS) is 23.0. The Morgan fingerprint density at radius 3 is 2.77 bits per heavy atom. The maximum Gasteiger partial charge on any atom is 0.401 e. The average molecular weight is 482 g/mol. The van der Waals surface area contributed by atoms with E-state index in [9.17, 15) is 13.2 Å². The molecule has 0 saturated carbocycles. The van der Waals surface area contributed by atoms with Gasteiger partial charge in [0.05, 0.1) is 6.54 Å². The molecule has 0 amide bonds. The Balaban J connectivity index is 0.00000243. The van der Waals surface area contributed by atoms with Gasteiger partial charge in [-0.1, -0.05) is 24.3 Å². The van der Waals surface area contributed by atoms with Crippen LogP contribution in [-0.2, 0) is 6.42 Å². The van der Waals surface area contributed by atoms with Crippen LogP contribution in [0.4, 0.5) is 13.2 Å². The summed E-state index contributed by atoms with van der Waals surface area (Å²) in [7, 11) is 0. The van der Waals surface area contributed by atoms with E-state index in [0.29, 0.717) is 37.9 Å². The fourth-order valence-corrected chi connectivity index (χ4v) is 3.59. The lowest BCUT2D eigenvalue weighted by molar-refractivity contribution is -0.143. The summed E-state index contributed by atoms with van der Waals surface area (Å²) in [4.78, 5) is 6.10. The Morgan fingerprint density at radius 2 is 2.08 bits per heavy atom. The van der Waals surface area contributed by atoms with Gasteiger partial charge in [0.1, 0.15) is 0 Å². The van der Waals surface area contributed by atoms with Gasteiger partial charge in [0.15, 0.2) is 5.96 Å². The lowest BCUT2D eigenvalue weighted by Crippen LogP contribution is -2.45. The van der Waals surface area contributed by atoms with Crippen LogP contribution < -0.4 is 10.6 Å². The second kappa shape index (κ2) is 9.25. The van der Waals surface area contributed by atoms with Gasteiger partial charge in [0.2, 0.25) is 0 Å². The zero-order chi connectivity index (χ0) is 17.9. The number of likely N-dealkylation sites (tertiary alicyclic amines) is 1. The molecule has 1 aliphatic heterocycles. The molecule has 0 aromatic heterocycles. The molecular formula is C18H26F3IN4. The molecule has 4 nitrogen and oxygen atoms in total. The number of rotatable bonds is 5. The van der Waals surface area contributed by atoms with E-state index in [1.165, 1.54) is 16.0 Å². The van der Waals surface area contributed by atoms with Crippen LogP contribution in [0.5, 0.6) is 0 Å². The summed E-state index contributed by atoms with van der Waals surface area (Å²) in [5.74, 6) is 1.14. The number of nitrogens with one attached hydrogen (secondary N) is 2. The van der Waals surface area contributed by atoms with E-state index in [-0.39, 0.29) is 30.0 Å². The summed E-state index contributed by atoms with van der Waals surface area (Å²) in [5, 5.41) is 6.49. The molecule has 1 saturated heterocycles. The first-order valence-corrected chi connectivity index (χ1v) is 8.86. The molecule has 0 spiro atoms. The predicted molar refractivity (Wildman–Crippen MR) is 108 cm³/mol. The van der Waals surface area contributed by atoms with E-state index < -0.39 is 12.7 Å². The lowest BCUT2D eigenvalue weighted by Gasteiger charge is -2.29. The molecule has 0 bridgehead atoms. The molecule has 2 aliphatic rings. The molecule has 1 aromatic carbocycles. The Kier molecular flexibility index (Phi) is 7.57. The zero-order valence-corrected chi connectivity index (χ0v) is 17.2. The molecule has 26 heavy (non-hydrogen) atoms. The molecule has 2 unspecified atom stereocenters. The Morgan fingerprint density at radius 1 is 1.31 bits per heavy atom. The van der Waals surface area contributed by atoms with E-state index in [1.54, 1.807) is 0 Å². The highest BCUT2D eigenvalue weighted by atomic mass is 127. The number of aliphatic imine (C=N–C) groups is 1. The van der Waals surface area contributed by atoms with Crippen LogP contribution >= 0.6 is 24.0 Å². The third-order valence-electron chi connectivity index (χ3n) is 4.79. The van der Waals surface area contributed by atoms with Gasteiger partial charge in [0.25, 0.3) is 0 Å². The minimum atomic E-state index is -4.13. The maximum atomic E-state index is 12.5. The van der Waals surface area contributed by atoms with Gasteiger partial charge in [-0.3, -0.25) is 9.89 Å². The van der Waals surface area contributed by atoms with E-state index in [2.05, 4.69) is 33.8 Å². The topological polar surface area (TPSA) is 39.7 Å². The van der Waals surface area contributed by atoms with Crippen molar-refractivity contribution in [3.8, 4) is 0 Å². The van der Waals surface area contributed by atoms with Crippen LogP contribution in [0.3, 0.4) is 0 Å². The van der Waals surface area contributed by atoms with E-state index in [4.69, 9.17) is 0 Å². The number of halogens is 4. The minimum Gasteiger partial charge on any atom is -0.357 e. The van der Waals surface area contributed by atoms with Crippen molar-refractivity contribution in [2.45, 2.75) is 37.9 Å². The summed E-state index contributed by atoms with van der Waals surface area (Å²) in [5.41, 5.74) is 2.75. The minimum absolute atomic E-state index is 0. The molecule has 3 rings (SSSR count). The summed E-state index contributed by atoms with van der Waals surface area (Å²) < 4.78 is 37.5. The van der Waals surface area contributed by atoms with Gasteiger partial charge in [-0.15, -0.1) is 24.0 Å². The van der Waals surface area contributed by atoms with Crippen molar-refractivity contribution in [1.82, 2.24) is 15.5 Å². The van der Waals surface area contributed by atoms with Crippen molar-refractivity contribution in [2.24, 2.45) is 4.99 Å². The Hall–Kier alpha value is -1.03. The van der Waals surface area contributed by atoms with Crippen LogP contribution in [0.25, 0.3) is 0 Å². The van der Waals surface area contributed by atoms with Gasteiger partial charge < -0.3 is 10.6 Å². The van der Waals surface area contributed by atoms with E-state index in [1.807, 2.05) is 13.0 Å². The maximum absolute atomic E-state index is 12.5. The molecule has 0 radical (unpaired) electrons. The molecule has 2 atom stereocenters. The number of benzene rings is 1. The predicted octanol–water partition coefficient (Wildman–Crippen LogP) is 3.14. The fraction of sp³-hybridized carbons (Fsp3) is 0.611. The monoisotopic (exact) mass is 482 g/mol. The molecule has 2 N–H and O–H groups in total. The van der Waals surface area contributed by atoms with Crippen LogP contribution in [0.15, 0.2) is 29.3 Å². The second-order valence-corrected chi connectivity index (χ2v) is 6.80. The third kappa shape index (κ3) is 5.73. The lowest BCUT2D eigenvalue weighted by atomic mass is 9.78. The number of guanidine groups is 1. The Bertz CT molecular complexity index is 621. The van der Waals surface area contributed by atoms with Crippen molar-refractivity contribution in [3.63, 3.8) is 0 Å². The first kappa shape index (κ1) is 21.3. The van der Waals surface area contributed by atoms with E-state index >= 15 is 0 Å². The van der Waals surface area contributed by atoms with Crippen molar-refractivity contribution in [1.29, 1.82) is 0 Å². The molecular weight excluding hydrogens is 456 g/mol. The SMILES string of the molecule is CCNC(=NCC1Cc2ccccc21)NC1CCN(CC(F)(F)F)C1.I. The summed E-state index contributed by atoms with van der Waals surface area (Å²) in [6.45, 7) is 3.44. The van der Waals surface area contributed by atoms with Crippen LogP contribution in [-0.4, -0.2) is 55.8 Å². The van der Waals surface area contributed by atoms with Crippen molar-refractivity contribution in [3.05, 3.63) is 35.4 Å². The van der Waals surface area contributed by atoms with Crippen LogP contribution in [0, 0.1) is 0 Å². The molecule has 1 aliphatic carbocycles.